The Kier molecular flexibility index (Phi) is 6.67. The van der Waals surface area contributed by atoms with Crippen LogP contribution in [-0.2, 0) is 9.53 Å². The van der Waals surface area contributed by atoms with E-state index in [4.69, 9.17) is 9.47 Å². The third kappa shape index (κ3) is 4.50. The lowest BCUT2D eigenvalue weighted by Gasteiger charge is -2.35. The first-order valence-electron chi connectivity index (χ1n) is 9.23. The van der Waals surface area contributed by atoms with E-state index in [0.717, 1.165) is 49.1 Å². The molecule has 1 aliphatic carbocycles. The van der Waals surface area contributed by atoms with Crippen molar-refractivity contribution in [2.24, 2.45) is 0 Å². The van der Waals surface area contributed by atoms with Crippen molar-refractivity contribution in [3.8, 4) is 5.75 Å². The maximum absolute atomic E-state index is 12.8. The largest absolute Gasteiger partial charge is 0.490 e. The number of aryl methyl sites for hydroxylation is 1. The third-order valence-corrected chi connectivity index (χ3v) is 4.83. The van der Waals surface area contributed by atoms with E-state index in [0.29, 0.717) is 6.61 Å². The maximum Gasteiger partial charge on any atom is 0.256 e. The average molecular weight is 333 g/mol. The summed E-state index contributed by atoms with van der Waals surface area (Å²) in [5.41, 5.74) is 1.17. The van der Waals surface area contributed by atoms with Crippen LogP contribution in [-0.4, -0.2) is 24.2 Å². The summed E-state index contributed by atoms with van der Waals surface area (Å²) in [7, 11) is 0. The van der Waals surface area contributed by atoms with Crippen molar-refractivity contribution < 1.29 is 14.3 Å². The molecule has 0 saturated heterocycles. The van der Waals surface area contributed by atoms with Gasteiger partial charge < -0.3 is 14.8 Å². The number of ether oxygens (including phenoxy) is 2. The van der Waals surface area contributed by atoms with Gasteiger partial charge in [0.1, 0.15) is 11.4 Å². The van der Waals surface area contributed by atoms with Gasteiger partial charge in [-0.15, -0.1) is 0 Å². The van der Waals surface area contributed by atoms with E-state index in [2.05, 4.69) is 19.2 Å². The van der Waals surface area contributed by atoms with Crippen molar-refractivity contribution in [2.75, 3.05) is 11.9 Å². The second-order valence-corrected chi connectivity index (χ2v) is 6.76. The van der Waals surface area contributed by atoms with Crippen molar-refractivity contribution in [1.82, 2.24) is 0 Å². The number of hydrogen-bond acceptors (Lipinski definition) is 3. The lowest BCUT2D eigenvalue weighted by molar-refractivity contribution is -0.145. The smallest absolute Gasteiger partial charge is 0.256 e. The summed E-state index contributed by atoms with van der Waals surface area (Å²) in [6.07, 6.45) is 6.05. The summed E-state index contributed by atoms with van der Waals surface area (Å²) < 4.78 is 11.8. The zero-order chi connectivity index (χ0) is 17.6. The first-order chi connectivity index (χ1) is 11.5. The summed E-state index contributed by atoms with van der Waals surface area (Å²) in [6, 6.07) is 5.81. The normalized spacial score (nSPS) is 18.0. The van der Waals surface area contributed by atoms with E-state index in [-0.39, 0.29) is 12.0 Å². The molecule has 0 bridgehead atoms. The Morgan fingerprint density at radius 2 is 1.96 bits per heavy atom. The summed E-state index contributed by atoms with van der Waals surface area (Å²) in [4.78, 5) is 12.8. The minimum Gasteiger partial charge on any atom is -0.490 e. The number of carbonyl (C=O) groups is 1. The highest BCUT2D eigenvalue weighted by Crippen LogP contribution is 2.33. The maximum atomic E-state index is 12.8. The van der Waals surface area contributed by atoms with E-state index in [1.165, 1.54) is 6.42 Å². The molecule has 4 heteroatoms. The van der Waals surface area contributed by atoms with Crippen molar-refractivity contribution in [3.05, 3.63) is 23.8 Å². The average Bonchev–Trinajstić information content (AvgIpc) is 2.58. The molecule has 0 unspecified atom stereocenters. The van der Waals surface area contributed by atoms with Crippen LogP contribution in [0.25, 0.3) is 0 Å². The lowest BCUT2D eigenvalue weighted by Crippen LogP contribution is -2.47. The molecule has 1 atom stereocenters. The van der Waals surface area contributed by atoms with Crippen LogP contribution in [0, 0.1) is 6.92 Å². The van der Waals surface area contributed by atoms with Gasteiger partial charge in [0.15, 0.2) is 0 Å². The number of hydrogen-bond donors (Lipinski definition) is 1. The predicted molar refractivity (Wildman–Crippen MR) is 97.6 cm³/mol. The standard InChI is InChI=1S/C20H31NO3/c1-5-16(4)24-18-11-10-17(14-15(18)3)21-19(22)20(23-6-2)12-8-7-9-13-20/h10-11,14,16H,5-9,12-13H2,1-4H3,(H,21,22)/t16-/m1/s1. The zero-order valence-corrected chi connectivity index (χ0v) is 15.5. The van der Waals surface area contributed by atoms with Crippen molar-refractivity contribution in [3.63, 3.8) is 0 Å². The minimum absolute atomic E-state index is 0.0148. The summed E-state index contributed by atoms with van der Waals surface area (Å²) in [5.74, 6) is 0.860. The van der Waals surface area contributed by atoms with Gasteiger partial charge in [0.2, 0.25) is 0 Å². The molecule has 1 aliphatic rings. The quantitative estimate of drug-likeness (QED) is 0.776. The molecule has 0 aromatic heterocycles. The summed E-state index contributed by atoms with van der Waals surface area (Å²) in [5, 5.41) is 3.05. The SMILES string of the molecule is CCOC1(C(=O)Nc2ccc(O[C@H](C)CC)c(C)c2)CCCCC1. The number of rotatable bonds is 7. The molecule has 1 aromatic carbocycles. The van der Waals surface area contributed by atoms with Gasteiger partial charge in [-0.2, -0.15) is 0 Å². The predicted octanol–water partition coefficient (Wildman–Crippen LogP) is 4.85. The molecule has 1 fully saturated rings. The van der Waals surface area contributed by atoms with Crippen LogP contribution >= 0.6 is 0 Å². The van der Waals surface area contributed by atoms with E-state index in [1.54, 1.807) is 0 Å². The Labute approximate surface area is 145 Å². The van der Waals surface area contributed by atoms with Crippen molar-refractivity contribution in [1.29, 1.82) is 0 Å². The molecule has 0 radical (unpaired) electrons. The molecule has 1 saturated carbocycles. The van der Waals surface area contributed by atoms with Crippen molar-refractivity contribution >= 4 is 11.6 Å². The van der Waals surface area contributed by atoms with Crippen LogP contribution in [0.1, 0.15) is 64.9 Å². The molecule has 1 N–H and O–H groups in total. The minimum atomic E-state index is -0.660. The lowest BCUT2D eigenvalue weighted by atomic mass is 9.83. The molecule has 4 nitrogen and oxygen atoms in total. The Morgan fingerprint density at radius 3 is 2.54 bits per heavy atom. The van der Waals surface area contributed by atoms with Crippen LogP contribution < -0.4 is 10.1 Å². The molecule has 2 rings (SSSR count). The van der Waals surface area contributed by atoms with Gasteiger partial charge >= 0.3 is 0 Å². The second kappa shape index (κ2) is 8.52. The van der Waals surface area contributed by atoms with E-state index >= 15 is 0 Å². The molecular formula is C20H31NO3. The first-order valence-corrected chi connectivity index (χ1v) is 9.23. The van der Waals surface area contributed by atoms with Gasteiger partial charge in [0.25, 0.3) is 5.91 Å². The Hall–Kier alpha value is -1.55. The molecular weight excluding hydrogens is 302 g/mol. The van der Waals surface area contributed by atoms with Gasteiger partial charge in [-0.3, -0.25) is 4.79 Å². The monoisotopic (exact) mass is 333 g/mol. The summed E-state index contributed by atoms with van der Waals surface area (Å²) in [6.45, 7) is 8.69. The first kappa shape index (κ1) is 18.8. The number of amides is 1. The fourth-order valence-corrected chi connectivity index (χ4v) is 3.24. The van der Waals surface area contributed by atoms with Crippen LogP contribution in [0.2, 0.25) is 0 Å². The Bertz CT molecular complexity index is 544. The fourth-order valence-electron chi connectivity index (χ4n) is 3.24. The highest BCUT2D eigenvalue weighted by atomic mass is 16.5. The molecule has 134 valence electrons. The van der Waals surface area contributed by atoms with Crippen LogP contribution in [0.15, 0.2) is 18.2 Å². The van der Waals surface area contributed by atoms with Gasteiger partial charge in [0, 0.05) is 12.3 Å². The number of benzene rings is 1. The Morgan fingerprint density at radius 1 is 1.25 bits per heavy atom. The molecule has 24 heavy (non-hydrogen) atoms. The number of carbonyl (C=O) groups excluding carboxylic acids is 1. The van der Waals surface area contributed by atoms with Gasteiger partial charge in [-0.05, 0) is 63.8 Å². The zero-order valence-electron chi connectivity index (χ0n) is 15.5. The summed E-state index contributed by atoms with van der Waals surface area (Å²) >= 11 is 0. The third-order valence-electron chi connectivity index (χ3n) is 4.83. The van der Waals surface area contributed by atoms with E-state index in [1.807, 2.05) is 32.0 Å². The second-order valence-electron chi connectivity index (χ2n) is 6.76. The highest BCUT2D eigenvalue weighted by Gasteiger charge is 2.40. The molecule has 0 heterocycles. The van der Waals surface area contributed by atoms with Crippen LogP contribution in [0.3, 0.4) is 0 Å². The fraction of sp³-hybridized carbons (Fsp3) is 0.650. The van der Waals surface area contributed by atoms with Gasteiger partial charge in [-0.25, -0.2) is 0 Å². The number of nitrogens with one attached hydrogen (secondary N) is 1. The van der Waals surface area contributed by atoms with E-state index in [9.17, 15) is 4.79 Å². The van der Waals surface area contributed by atoms with Crippen molar-refractivity contribution in [2.45, 2.75) is 77.9 Å². The molecule has 0 aliphatic heterocycles. The molecule has 1 amide bonds. The van der Waals surface area contributed by atoms with E-state index < -0.39 is 5.60 Å². The van der Waals surface area contributed by atoms with Crippen LogP contribution in [0.5, 0.6) is 5.75 Å². The molecule has 1 aromatic rings. The Balaban J connectivity index is 2.09. The topological polar surface area (TPSA) is 47.6 Å². The highest BCUT2D eigenvalue weighted by molar-refractivity contribution is 5.97. The van der Waals surface area contributed by atoms with Gasteiger partial charge in [-0.1, -0.05) is 26.2 Å². The van der Waals surface area contributed by atoms with Gasteiger partial charge in [0.05, 0.1) is 6.10 Å². The molecule has 0 spiro atoms. The van der Waals surface area contributed by atoms with Crippen LogP contribution in [0.4, 0.5) is 5.69 Å². The number of anilines is 1.